The Bertz CT molecular complexity index is 335. The second-order valence-electron chi connectivity index (χ2n) is 2.71. The summed E-state index contributed by atoms with van der Waals surface area (Å²) < 4.78 is 12.7. The van der Waals surface area contributed by atoms with Crippen molar-refractivity contribution in [3.8, 4) is 0 Å². The molecule has 0 spiro atoms. The van der Waals surface area contributed by atoms with E-state index in [1.165, 1.54) is 18.2 Å². The normalized spacial score (nSPS) is 9.47. The predicted molar refractivity (Wildman–Crippen MR) is 57.3 cm³/mol. The Morgan fingerprint density at radius 3 is 2.93 bits per heavy atom. The lowest BCUT2D eigenvalue weighted by Gasteiger charge is -2.08. The van der Waals surface area contributed by atoms with Crippen molar-refractivity contribution in [3.05, 3.63) is 30.1 Å². The van der Waals surface area contributed by atoms with Crippen molar-refractivity contribution in [2.75, 3.05) is 17.9 Å². The zero-order chi connectivity index (χ0) is 11.1. The number of hydrazine groups is 1. The summed E-state index contributed by atoms with van der Waals surface area (Å²) >= 11 is 5.37. The van der Waals surface area contributed by atoms with Crippen LogP contribution in [0.15, 0.2) is 24.3 Å². The molecule has 0 saturated carbocycles. The maximum absolute atomic E-state index is 12.7. The highest BCUT2D eigenvalue weighted by atomic mass is 35.5. The first-order valence-corrected chi connectivity index (χ1v) is 4.87. The summed E-state index contributed by atoms with van der Waals surface area (Å²) in [7, 11) is 0. The predicted octanol–water partition coefficient (Wildman–Crippen LogP) is 1.69. The van der Waals surface area contributed by atoms with Crippen molar-refractivity contribution in [1.29, 1.82) is 0 Å². The molecule has 0 saturated heterocycles. The Morgan fingerprint density at radius 2 is 2.27 bits per heavy atom. The fourth-order valence-electron chi connectivity index (χ4n) is 0.900. The molecule has 0 bridgehead atoms. The number of nitrogens with one attached hydrogen (secondary N) is 3. The van der Waals surface area contributed by atoms with Gasteiger partial charge in [-0.15, -0.1) is 11.6 Å². The van der Waals surface area contributed by atoms with E-state index in [9.17, 15) is 9.18 Å². The molecule has 0 fully saturated rings. The molecular weight excluding hydrogens is 221 g/mol. The summed E-state index contributed by atoms with van der Waals surface area (Å²) in [4.78, 5) is 11.0. The van der Waals surface area contributed by atoms with Gasteiger partial charge in [0.15, 0.2) is 0 Å². The van der Waals surface area contributed by atoms with E-state index < -0.39 is 6.03 Å². The highest BCUT2D eigenvalue weighted by Gasteiger charge is 1.98. The molecule has 82 valence electrons. The number of carbonyl (C=O) groups is 1. The van der Waals surface area contributed by atoms with Crippen molar-refractivity contribution in [2.45, 2.75) is 0 Å². The van der Waals surface area contributed by atoms with Crippen molar-refractivity contribution < 1.29 is 9.18 Å². The molecule has 0 aliphatic heterocycles. The first-order valence-electron chi connectivity index (χ1n) is 4.34. The molecule has 1 aromatic carbocycles. The van der Waals surface area contributed by atoms with Crippen LogP contribution in [0.2, 0.25) is 0 Å². The second kappa shape index (κ2) is 6.08. The van der Waals surface area contributed by atoms with Crippen LogP contribution in [0.25, 0.3) is 0 Å². The monoisotopic (exact) mass is 231 g/mol. The van der Waals surface area contributed by atoms with Crippen LogP contribution in [0.4, 0.5) is 14.9 Å². The summed E-state index contributed by atoms with van der Waals surface area (Å²) in [6.45, 7) is 0.373. The maximum atomic E-state index is 12.7. The van der Waals surface area contributed by atoms with E-state index in [0.29, 0.717) is 18.1 Å². The Kier molecular flexibility index (Phi) is 4.70. The number of carbonyl (C=O) groups excluding carboxylic acids is 1. The van der Waals surface area contributed by atoms with Gasteiger partial charge in [0, 0.05) is 12.4 Å². The maximum Gasteiger partial charge on any atom is 0.333 e. The minimum Gasteiger partial charge on any atom is -0.336 e. The summed E-state index contributed by atoms with van der Waals surface area (Å²) in [5, 5.41) is 2.48. The first kappa shape index (κ1) is 11.6. The lowest BCUT2D eigenvalue weighted by atomic mass is 10.3. The van der Waals surface area contributed by atoms with Gasteiger partial charge in [-0.05, 0) is 18.2 Å². The van der Waals surface area contributed by atoms with Crippen LogP contribution in [0.5, 0.6) is 0 Å². The molecule has 4 nitrogen and oxygen atoms in total. The molecular formula is C9H11ClFN3O. The van der Waals surface area contributed by atoms with E-state index >= 15 is 0 Å². The van der Waals surface area contributed by atoms with Gasteiger partial charge in [-0.2, -0.15) is 0 Å². The quantitative estimate of drug-likeness (QED) is 0.546. The number of urea groups is 1. The molecule has 0 heterocycles. The molecule has 6 heteroatoms. The SMILES string of the molecule is O=C(NCCCl)NNc1cccc(F)c1. The van der Waals surface area contributed by atoms with E-state index in [4.69, 9.17) is 11.6 Å². The molecule has 0 aliphatic rings. The zero-order valence-electron chi connectivity index (χ0n) is 7.89. The highest BCUT2D eigenvalue weighted by molar-refractivity contribution is 6.18. The van der Waals surface area contributed by atoms with Crippen molar-refractivity contribution in [1.82, 2.24) is 10.7 Å². The summed E-state index contributed by atoms with van der Waals surface area (Å²) in [6, 6.07) is 5.33. The Labute approximate surface area is 91.8 Å². The highest BCUT2D eigenvalue weighted by Crippen LogP contribution is 2.06. The third-order valence-corrected chi connectivity index (χ3v) is 1.71. The van der Waals surface area contributed by atoms with Crippen LogP contribution in [0.1, 0.15) is 0 Å². The van der Waals surface area contributed by atoms with Crippen molar-refractivity contribution in [2.24, 2.45) is 0 Å². The van der Waals surface area contributed by atoms with Gasteiger partial charge >= 0.3 is 6.03 Å². The molecule has 0 aromatic heterocycles. The number of anilines is 1. The molecule has 2 amide bonds. The summed E-state index contributed by atoms with van der Waals surface area (Å²) in [6.07, 6.45) is 0. The van der Waals surface area contributed by atoms with Crippen LogP contribution in [0, 0.1) is 5.82 Å². The third kappa shape index (κ3) is 4.51. The van der Waals surface area contributed by atoms with Gasteiger partial charge in [-0.25, -0.2) is 9.18 Å². The second-order valence-corrected chi connectivity index (χ2v) is 3.08. The largest absolute Gasteiger partial charge is 0.336 e. The summed E-state index contributed by atoms with van der Waals surface area (Å²) in [5.74, 6) is -0.0316. The Morgan fingerprint density at radius 1 is 1.47 bits per heavy atom. The van der Waals surface area contributed by atoms with Gasteiger partial charge in [-0.3, -0.25) is 10.9 Å². The standard InChI is InChI=1S/C9H11ClFN3O/c10-4-5-12-9(15)14-13-8-3-1-2-7(11)6-8/h1-3,6,13H,4-5H2,(H2,12,14,15). The molecule has 15 heavy (non-hydrogen) atoms. The Hall–Kier alpha value is -1.49. The van der Waals surface area contributed by atoms with Crippen molar-refractivity contribution in [3.63, 3.8) is 0 Å². The van der Waals surface area contributed by atoms with Gasteiger partial charge in [0.2, 0.25) is 0 Å². The van der Waals surface area contributed by atoms with Gasteiger partial charge in [0.05, 0.1) is 5.69 Å². The number of rotatable bonds is 4. The number of hydrogen-bond donors (Lipinski definition) is 3. The van der Waals surface area contributed by atoms with Crippen LogP contribution in [0.3, 0.4) is 0 Å². The minimum atomic E-state index is -0.417. The first-order chi connectivity index (χ1) is 7.22. The average molecular weight is 232 g/mol. The number of benzene rings is 1. The number of alkyl halides is 1. The molecule has 0 radical (unpaired) electrons. The lowest BCUT2D eigenvalue weighted by Crippen LogP contribution is -2.39. The molecule has 0 unspecified atom stereocenters. The van der Waals surface area contributed by atoms with E-state index in [1.807, 2.05) is 0 Å². The summed E-state index contributed by atoms with van der Waals surface area (Å²) in [5.41, 5.74) is 5.35. The van der Waals surface area contributed by atoms with Gasteiger partial charge in [-0.1, -0.05) is 6.07 Å². The van der Waals surface area contributed by atoms with E-state index in [-0.39, 0.29) is 5.82 Å². The molecule has 0 atom stereocenters. The van der Waals surface area contributed by atoms with E-state index in [2.05, 4.69) is 16.2 Å². The van der Waals surface area contributed by atoms with E-state index in [1.54, 1.807) is 6.07 Å². The van der Waals surface area contributed by atoms with Crippen LogP contribution in [-0.4, -0.2) is 18.5 Å². The zero-order valence-corrected chi connectivity index (χ0v) is 8.64. The molecule has 0 aliphatic carbocycles. The van der Waals surface area contributed by atoms with Gasteiger partial charge in [0.25, 0.3) is 0 Å². The average Bonchev–Trinajstić information content (AvgIpc) is 2.23. The topological polar surface area (TPSA) is 53.2 Å². The smallest absolute Gasteiger partial charge is 0.333 e. The van der Waals surface area contributed by atoms with Gasteiger partial charge < -0.3 is 5.32 Å². The van der Waals surface area contributed by atoms with Crippen LogP contribution < -0.4 is 16.2 Å². The fourth-order valence-corrected chi connectivity index (χ4v) is 0.995. The lowest BCUT2D eigenvalue weighted by molar-refractivity contribution is 0.243. The number of amides is 2. The Balaban J connectivity index is 2.33. The van der Waals surface area contributed by atoms with Crippen LogP contribution in [-0.2, 0) is 0 Å². The fraction of sp³-hybridized carbons (Fsp3) is 0.222. The number of hydrogen-bond acceptors (Lipinski definition) is 2. The van der Waals surface area contributed by atoms with Gasteiger partial charge in [0.1, 0.15) is 5.82 Å². The molecule has 3 N–H and O–H groups in total. The third-order valence-electron chi connectivity index (χ3n) is 1.53. The van der Waals surface area contributed by atoms with E-state index in [0.717, 1.165) is 0 Å². The molecule has 1 aromatic rings. The number of halogens is 2. The van der Waals surface area contributed by atoms with Crippen LogP contribution >= 0.6 is 11.6 Å². The molecule has 1 rings (SSSR count). The van der Waals surface area contributed by atoms with Crippen molar-refractivity contribution >= 4 is 23.3 Å². The minimum absolute atomic E-state index is 0.341.